The van der Waals surface area contributed by atoms with Gasteiger partial charge in [-0.1, -0.05) is 62.9 Å². The monoisotopic (exact) mass is 369 g/mol. The number of aryl methyl sites for hydroxylation is 1. The van der Waals surface area contributed by atoms with E-state index in [1.54, 1.807) is 13.1 Å². The van der Waals surface area contributed by atoms with Gasteiger partial charge in [-0.05, 0) is 29.5 Å². The van der Waals surface area contributed by atoms with Crippen molar-refractivity contribution in [3.63, 3.8) is 0 Å². The van der Waals surface area contributed by atoms with Crippen LogP contribution in [0, 0.1) is 0 Å². The summed E-state index contributed by atoms with van der Waals surface area (Å²) in [5.74, 6) is 0. The van der Waals surface area contributed by atoms with E-state index in [4.69, 9.17) is 11.6 Å². The van der Waals surface area contributed by atoms with Crippen molar-refractivity contribution >= 4 is 30.0 Å². The highest BCUT2D eigenvalue weighted by atomic mass is 35.5. The van der Waals surface area contributed by atoms with Gasteiger partial charge in [-0.3, -0.25) is 4.79 Å². The van der Waals surface area contributed by atoms with Crippen LogP contribution in [0.15, 0.2) is 30.1 Å². The van der Waals surface area contributed by atoms with Gasteiger partial charge in [-0.2, -0.15) is 0 Å². The van der Waals surface area contributed by atoms with Crippen molar-refractivity contribution in [3.8, 4) is 11.1 Å². The molecule has 4 heteroatoms. The van der Waals surface area contributed by atoms with Crippen molar-refractivity contribution in [2.75, 3.05) is 0 Å². The Balaban J connectivity index is 3.04. The number of aldehydes is 1. The number of halogens is 1. The molecule has 2 rings (SSSR count). The number of hydrogen-bond donors (Lipinski definition) is 0. The van der Waals surface area contributed by atoms with Gasteiger partial charge in [0.25, 0.3) is 5.56 Å². The van der Waals surface area contributed by atoms with Crippen LogP contribution in [0.1, 0.15) is 41.8 Å². The van der Waals surface area contributed by atoms with Crippen LogP contribution in [0.3, 0.4) is 0 Å². The molecule has 0 aliphatic heterocycles. The highest BCUT2D eigenvalue weighted by Crippen LogP contribution is 2.38. The number of carbonyl (C=O) groups excluding carboxylic acids is 1. The van der Waals surface area contributed by atoms with E-state index in [-0.39, 0.29) is 12.0 Å². The minimum absolute atomic E-state index is 0.118. The van der Waals surface area contributed by atoms with Crippen LogP contribution in [0.25, 0.3) is 23.3 Å². The van der Waals surface area contributed by atoms with E-state index in [0.29, 0.717) is 21.8 Å². The fourth-order valence-corrected chi connectivity index (χ4v) is 3.88. The number of nitrogens with zero attached hydrogens (tertiary/aromatic N) is 1. The van der Waals surface area contributed by atoms with Crippen molar-refractivity contribution in [3.05, 3.63) is 68.6 Å². The molecule has 0 saturated carbocycles. The molecule has 0 atom stereocenters. The Kier molecular flexibility index (Phi) is 6.38. The third-order valence-corrected chi connectivity index (χ3v) is 5.25. The zero-order valence-electron chi connectivity index (χ0n) is 15.6. The van der Waals surface area contributed by atoms with E-state index in [1.807, 2.05) is 6.07 Å². The van der Waals surface area contributed by atoms with Crippen molar-refractivity contribution in [2.24, 2.45) is 7.05 Å². The number of pyridine rings is 1. The number of rotatable bonds is 7. The first kappa shape index (κ1) is 19.9. The molecule has 0 fully saturated rings. The lowest BCUT2D eigenvalue weighted by Gasteiger charge is -2.21. The smallest absolute Gasteiger partial charge is 0.258 e. The molecule has 3 nitrogen and oxygen atoms in total. The van der Waals surface area contributed by atoms with E-state index in [2.05, 4.69) is 33.1 Å². The van der Waals surface area contributed by atoms with E-state index in [0.717, 1.165) is 35.8 Å². The second-order valence-electron chi connectivity index (χ2n) is 6.06. The molecule has 1 aromatic carbocycles. The molecule has 0 spiro atoms. The Labute approximate surface area is 159 Å². The summed E-state index contributed by atoms with van der Waals surface area (Å²) in [5.41, 5.74) is 5.41. The minimum Gasteiger partial charge on any atom is -0.314 e. The van der Waals surface area contributed by atoms with Crippen LogP contribution in [0.5, 0.6) is 0 Å². The average Bonchev–Trinajstić information content (AvgIpc) is 2.65. The minimum atomic E-state index is -0.201. The van der Waals surface area contributed by atoms with Crippen molar-refractivity contribution in [2.45, 2.75) is 33.1 Å². The van der Waals surface area contributed by atoms with E-state index >= 15 is 0 Å². The lowest BCUT2D eigenvalue weighted by Crippen LogP contribution is -2.25. The van der Waals surface area contributed by atoms with Gasteiger partial charge in [-0.25, -0.2) is 0 Å². The van der Waals surface area contributed by atoms with Crippen molar-refractivity contribution in [1.29, 1.82) is 0 Å². The second kappa shape index (κ2) is 8.33. The topological polar surface area (TPSA) is 39.1 Å². The Morgan fingerprint density at radius 3 is 2.27 bits per heavy atom. The Hall–Kier alpha value is -2.39. The normalized spacial score (nSPS) is 10.6. The average molecular weight is 370 g/mol. The third-order valence-electron chi connectivity index (χ3n) is 4.82. The van der Waals surface area contributed by atoms with Crippen LogP contribution in [-0.2, 0) is 31.1 Å². The predicted octanol–water partition coefficient (Wildman–Crippen LogP) is 4.86. The maximum absolute atomic E-state index is 12.7. The van der Waals surface area contributed by atoms with Gasteiger partial charge >= 0.3 is 0 Å². The van der Waals surface area contributed by atoms with Gasteiger partial charge in [0, 0.05) is 35.9 Å². The van der Waals surface area contributed by atoms with Crippen LogP contribution in [0.4, 0.5) is 0 Å². The highest BCUT2D eigenvalue weighted by Gasteiger charge is 2.21. The molecule has 1 heterocycles. The summed E-state index contributed by atoms with van der Waals surface area (Å²) < 4.78 is 1.50. The maximum Gasteiger partial charge on any atom is 0.258 e. The molecule has 0 unspecified atom stereocenters. The molecular formula is C22H24ClNO2. The lowest BCUT2D eigenvalue weighted by molar-refractivity contribution is -0.107. The van der Waals surface area contributed by atoms with E-state index in [1.165, 1.54) is 16.2 Å². The molecule has 0 saturated heterocycles. The van der Waals surface area contributed by atoms with E-state index in [9.17, 15) is 9.59 Å². The quantitative estimate of drug-likeness (QED) is 0.654. The first-order valence-electron chi connectivity index (χ1n) is 8.71. The first-order valence-corrected chi connectivity index (χ1v) is 9.09. The lowest BCUT2D eigenvalue weighted by atomic mass is 9.90. The molecular weight excluding hydrogens is 346 g/mol. The number of carbonyl (C=O) groups is 1. The largest absolute Gasteiger partial charge is 0.314 e. The first-order chi connectivity index (χ1) is 12.5. The Bertz CT molecular complexity index is 938. The van der Waals surface area contributed by atoms with Gasteiger partial charge < -0.3 is 9.36 Å². The van der Waals surface area contributed by atoms with Gasteiger partial charge in [0.05, 0.1) is 5.02 Å². The molecule has 0 bridgehead atoms. The summed E-state index contributed by atoms with van der Waals surface area (Å²) in [6, 6.07) is 4.03. The fraction of sp³-hybridized carbons (Fsp3) is 0.273. The summed E-state index contributed by atoms with van der Waals surface area (Å²) in [6.45, 7) is 11.8. The molecule has 136 valence electrons. The SMILES string of the molecule is C=Cc1c(-c2ccc(CC)c(CC)c2Cl)c(CC=O)n(C)c(=O)c1C=C. The number of hydrogen-bond acceptors (Lipinski definition) is 2. The standard InChI is InChI=1S/C22H24ClNO2/c1-6-14-10-11-18(21(23)15(14)7-2)20-16(8-3)17(9-4)22(26)24(5)19(20)12-13-25/h8-11,13H,3-4,6-7,12H2,1-2,5H3. The van der Waals surface area contributed by atoms with Crippen LogP contribution >= 0.6 is 11.6 Å². The van der Waals surface area contributed by atoms with Crippen LogP contribution in [-0.4, -0.2) is 10.9 Å². The highest BCUT2D eigenvalue weighted by molar-refractivity contribution is 6.34. The third kappa shape index (κ3) is 3.19. The van der Waals surface area contributed by atoms with Crippen LogP contribution < -0.4 is 5.56 Å². The number of benzene rings is 1. The predicted molar refractivity (Wildman–Crippen MR) is 111 cm³/mol. The summed E-state index contributed by atoms with van der Waals surface area (Å²) in [6.07, 6.45) is 5.78. The Morgan fingerprint density at radius 1 is 1.12 bits per heavy atom. The molecule has 26 heavy (non-hydrogen) atoms. The molecule has 0 N–H and O–H groups in total. The van der Waals surface area contributed by atoms with Crippen molar-refractivity contribution in [1.82, 2.24) is 4.57 Å². The van der Waals surface area contributed by atoms with Crippen LogP contribution in [0.2, 0.25) is 5.02 Å². The Morgan fingerprint density at radius 2 is 1.77 bits per heavy atom. The van der Waals surface area contributed by atoms with Gasteiger partial charge in [0.1, 0.15) is 6.29 Å². The van der Waals surface area contributed by atoms with Gasteiger partial charge in [0.15, 0.2) is 0 Å². The zero-order valence-corrected chi connectivity index (χ0v) is 16.3. The maximum atomic E-state index is 12.7. The second-order valence-corrected chi connectivity index (χ2v) is 6.44. The summed E-state index contributed by atoms with van der Waals surface area (Å²) in [4.78, 5) is 24.0. The van der Waals surface area contributed by atoms with Crippen molar-refractivity contribution < 1.29 is 4.79 Å². The molecule has 2 aromatic rings. The fourth-order valence-electron chi connectivity index (χ4n) is 3.47. The van der Waals surface area contributed by atoms with Gasteiger partial charge in [-0.15, -0.1) is 0 Å². The summed E-state index contributed by atoms with van der Waals surface area (Å²) in [7, 11) is 1.67. The molecule has 1 aromatic heterocycles. The molecule has 0 aliphatic rings. The molecule has 0 aliphatic carbocycles. The summed E-state index contributed by atoms with van der Waals surface area (Å²) in [5, 5.41) is 0.663. The van der Waals surface area contributed by atoms with E-state index < -0.39 is 0 Å². The van der Waals surface area contributed by atoms with Gasteiger partial charge in [0.2, 0.25) is 0 Å². The molecule has 0 amide bonds. The zero-order chi connectivity index (χ0) is 19.4. The number of aromatic nitrogens is 1. The molecule has 0 radical (unpaired) electrons. The summed E-state index contributed by atoms with van der Waals surface area (Å²) >= 11 is 6.78.